The van der Waals surface area contributed by atoms with E-state index in [1.807, 2.05) is 0 Å². The molecular weight excluding hydrogens is 333 g/mol. The lowest BCUT2D eigenvalue weighted by Crippen LogP contribution is -1.89. The molecule has 2 rings (SSSR count). The molecule has 0 N–H and O–H groups in total. The van der Waals surface area contributed by atoms with Gasteiger partial charge in [0.1, 0.15) is 5.69 Å². The van der Waals surface area contributed by atoms with Crippen molar-refractivity contribution < 1.29 is 9.85 Å². The van der Waals surface area contributed by atoms with Crippen molar-refractivity contribution in [1.29, 1.82) is 0 Å². The van der Waals surface area contributed by atoms with Crippen LogP contribution in [0.3, 0.4) is 0 Å². The van der Waals surface area contributed by atoms with Gasteiger partial charge in [-0.3, -0.25) is 25.2 Å². The second-order valence-electron chi connectivity index (χ2n) is 4.12. The van der Waals surface area contributed by atoms with Crippen LogP contribution < -0.4 is 0 Å². The molecule has 0 unspecified atom stereocenters. The summed E-state index contributed by atoms with van der Waals surface area (Å²) in [5.41, 5.74) is 0.510. The smallest absolute Gasteiger partial charge is 0.258 e. The van der Waals surface area contributed by atoms with E-state index in [1.165, 1.54) is 30.5 Å². The Hall–Kier alpha value is -2.51. The number of halogens is 2. The summed E-state index contributed by atoms with van der Waals surface area (Å²) in [5.74, 6) is 0. The third-order valence-corrected chi connectivity index (χ3v) is 3.24. The number of rotatable bonds is 4. The van der Waals surface area contributed by atoms with E-state index in [9.17, 15) is 20.2 Å². The molecule has 0 saturated carbocycles. The quantitative estimate of drug-likeness (QED) is 0.463. The topological polar surface area (TPSA) is 98.6 Å². The molecule has 0 aliphatic heterocycles. The standard InChI is InChI=1S/C13H7Cl2N3O4/c14-11-5-10(18(21)22)6-12(15)13(11)16-7-8-1-3-9(4-2-8)17(19)20/h1-7H. The van der Waals surface area contributed by atoms with Crippen LogP contribution in [-0.2, 0) is 0 Å². The minimum Gasteiger partial charge on any atom is -0.258 e. The zero-order chi connectivity index (χ0) is 16.3. The summed E-state index contributed by atoms with van der Waals surface area (Å²) in [6.07, 6.45) is 1.41. The molecule has 22 heavy (non-hydrogen) atoms. The van der Waals surface area contributed by atoms with Crippen molar-refractivity contribution in [3.63, 3.8) is 0 Å². The monoisotopic (exact) mass is 339 g/mol. The third kappa shape index (κ3) is 3.57. The van der Waals surface area contributed by atoms with Crippen LogP contribution in [0.1, 0.15) is 5.56 Å². The first-order valence-corrected chi connectivity index (χ1v) is 6.56. The highest BCUT2D eigenvalue weighted by Gasteiger charge is 2.13. The first kappa shape index (κ1) is 15.9. The molecule has 0 bridgehead atoms. The maximum atomic E-state index is 10.7. The second kappa shape index (κ2) is 6.50. The highest BCUT2D eigenvalue weighted by molar-refractivity contribution is 6.39. The molecule has 0 radical (unpaired) electrons. The van der Waals surface area contributed by atoms with Crippen molar-refractivity contribution in [2.24, 2.45) is 4.99 Å². The van der Waals surface area contributed by atoms with Crippen molar-refractivity contribution in [2.75, 3.05) is 0 Å². The van der Waals surface area contributed by atoms with E-state index in [4.69, 9.17) is 23.2 Å². The zero-order valence-corrected chi connectivity index (χ0v) is 12.3. The Morgan fingerprint density at radius 1 is 0.909 bits per heavy atom. The van der Waals surface area contributed by atoms with Crippen molar-refractivity contribution in [1.82, 2.24) is 0 Å². The fourth-order valence-corrected chi connectivity index (χ4v) is 2.18. The molecule has 0 saturated heterocycles. The maximum absolute atomic E-state index is 10.7. The zero-order valence-electron chi connectivity index (χ0n) is 10.8. The molecule has 0 atom stereocenters. The molecule has 0 aliphatic carbocycles. The summed E-state index contributed by atoms with van der Waals surface area (Å²) in [6.45, 7) is 0. The SMILES string of the molecule is O=[N+]([O-])c1ccc(C=Nc2c(Cl)cc([N+](=O)[O-])cc2Cl)cc1. The van der Waals surface area contributed by atoms with Crippen molar-refractivity contribution in [2.45, 2.75) is 0 Å². The highest BCUT2D eigenvalue weighted by Crippen LogP contribution is 2.36. The number of nitro groups is 2. The molecule has 2 aromatic rings. The van der Waals surface area contributed by atoms with E-state index in [0.717, 1.165) is 12.1 Å². The van der Waals surface area contributed by atoms with E-state index in [0.29, 0.717) is 5.56 Å². The lowest BCUT2D eigenvalue weighted by Gasteiger charge is -2.01. The highest BCUT2D eigenvalue weighted by atomic mass is 35.5. The van der Waals surface area contributed by atoms with Gasteiger partial charge in [0.05, 0.1) is 19.9 Å². The van der Waals surface area contributed by atoms with Crippen LogP contribution in [0.25, 0.3) is 0 Å². The summed E-state index contributed by atoms with van der Waals surface area (Å²) in [7, 11) is 0. The number of hydrogen-bond acceptors (Lipinski definition) is 5. The van der Waals surface area contributed by atoms with E-state index < -0.39 is 9.85 Å². The molecule has 0 aromatic heterocycles. The summed E-state index contributed by atoms with van der Waals surface area (Å²) in [5, 5.41) is 21.3. The lowest BCUT2D eigenvalue weighted by atomic mass is 10.2. The van der Waals surface area contributed by atoms with Crippen LogP contribution in [0.15, 0.2) is 41.4 Å². The Balaban J connectivity index is 2.30. The minimum absolute atomic E-state index is 0.0384. The predicted octanol–water partition coefficient (Wildman–Crippen LogP) is 4.56. The van der Waals surface area contributed by atoms with Gasteiger partial charge in [0.25, 0.3) is 11.4 Å². The number of nitro benzene ring substituents is 2. The van der Waals surface area contributed by atoms with Gasteiger partial charge in [0.15, 0.2) is 0 Å². The van der Waals surface area contributed by atoms with Crippen LogP contribution >= 0.6 is 23.2 Å². The van der Waals surface area contributed by atoms with Gasteiger partial charge < -0.3 is 0 Å². The fourth-order valence-electron chi connectivity index (χ4n) is 1.60. The van der Waals surface area contributed by atoms with Gasteiger partial charge in [0.2, 0.25) is 0 Å². The second-order valence-corrected chi connectivity index (χ2v) is 4.94. The summed E-state index contributed by atoms with van der Waals surface area (Å²) < 4.78 is 0. The first-order valence-electron chi connectivity index (χ1n) is 5.80. The molecule has 2 aromatic carbocycles. The lowest BCUT2D eigenvalue weighted by molar-refractivity contribution is -0.385. The number of aliphatic imine (C=N–C) groups is 1. The molecule has 0 amide bonds. The Morgan fingerprint density at radius 3 is 1.86 bits per heavy atom. The van der Waals surface area contributed by atoms with Crippen LogP contribution in [-0.4, -0.2) is 16.1 Å². The first-order chi connectivity index (χ1) is 10.4. The summed E-state index contributed by atoms with van der Waals surface area (Å²) in [6, 6.07) is 7.98. The van der Waals surface area contributed by atoms with Gasteiger partial charge in [0, 0.05) is 30.5 Å². The molecular formula is C13H7Cl2N3O4. The Labute approximate surface area is 134 Å². The largest absolute Gasteiger partial charge is 0.272 e. The third-order valence-electron chi connectivity index (χ3n) is 2.66. The van der Waals surface area contributed by atoms with Gasteiger partial charge in [-0.2, -0.15) is 0 Å². The summed E-state index contributed by atoms with van der Waals surface area (Å²) >= 11 is 11.8. The number of benzene rings is 2. The normalized spacial score (nSPS) is 10.8. The number of non-ortho nitro benzene ring substituents is 2. The predicted molar refractivity (Wildman–Crippen MR) is 83.5 cm³/mol. The van der Waals surface area contributed by atoms with Gasteiger partial charge in [-0.05, 0) is 17.7 Å². The van der Waals surface area contributed by atoms with E-state index in [2.05, 4.69) is 4.99 Å². The van der Waals surface area contributed by atoms with E-state index in [-0.39, 0.29) is 27.1 Å². The number of hydrogen-bond donors (Lipinski definition) is 0. The average molecular weight is 340 g/mol. The molecule has 112 valence electrons. The van der Waals surface area contributed by atoms with Crippen molar-refractivity contribution in [3.8, 4) is 0 Å². The van der Waals surface area contributed by atoms with Gasteiger partial charge >= 0.3 is 0 Å². The Morgan fingerprint density at radius 2 is 1.41 bits per heavy atom. The molecule has 9 heteroatoms. The average Bonchev–Trinajstić information content (AvgIpc) is 2.46. The van der Waals surface area contributed by atoms with Crippen molar-refractivity contribution in [3.05, 3.63) is 72.2 Å². The molecule has 0 fully saturated rings. The van der Waals surface area contributed by atoms with Crippen LogP contribution in [0.2, 0.25) is 10.0 Å². The maximum Gasteiger partial charge on any atom is 0.272 e. The van der Waals surface area contributed by atoms with Crippen molar-refractivity contribution >= 4 is 46.5 Å². The number of nitrogens with zero attached hydrogens (tertiary/aromatic N) is 3. The molecule has 0 aliphatic rings. The molecule has 7 nitrogen and oxygen atoms in total. The Bertz CT molecular complexity index is 752. The van der Waals surface area contributed by atoms with E-state index >= 15 is 0 Å². The van der Waals surface area contributed by atoms with Crippen LogP contribution in [0, 0.1) is 20.2 Å². The molecule has 0 heterocycles. The molecule has 0 spiro atoms. The van der Waals surface area contributed by atoms with Crippen LogP contribution in [0.4, 0.5) is 17.1 Å². The minimum atomic E-state index is -0.610. The van der Waals surface area contributed by atoms with Crippen LogP contribution in [0.5, 0.6) is 0 Å². The Kier molecular flexibility index (Phi) is 4.69. The fraction of sp³-hybridized carbons (Fsp3) is 0. The van der Waals surface area contributed by atoms with Gasteiger partial charge in [-0.25, -0.2) is 0 Å². The van der Waals surface area contributed by atoms with Gasteiger partial charge in [-0.15, -0.1) is 0 Å². The van der Waals surface area contributed by atoms with Gasteiger partial charge in [-0.1, -0.05) is 23.2 Å². The summed E-state index contributed by atoms with van der Waals surface area (Å²) in [4.78, 5) is 24.2. The van der Waals surface area contributed by atoms with E-state index in [1.54, 1.807) is 0 Å².